The smallest absolute Gasteiger partial charge is 0.276 e. The summed E-state index contributed by atoms with van der Waals surface area (Å²) < 4.78 is 38.9. The van der Waals surface area contributed by atoms with Crippen LogP contribution in [0.15, 0.2) is 40.2 Å². The van der Waals surface area contributed by atoms with Crippen LogP contribution in [0.25, 0.3) is 0 Å². The fraction of sp³-hybridized carbons (Fsp3) is 0.400. The molecule has 3 N–H and O–H groups in total. The van der Waals surface area contributed by atoms with Crippen LogP contribution in [0.2, 0.25) is 0 Å². The van der Waals surface area contributed by atoms with Gasteiger partial charge in [-0.2, -0.15) is 0 Å². The molecule has 0 aliphatic heterocycles. The summed E-state index contributed by atoms with van der Waals surface area (Å²) in [5, 5.41) is 16.4. The highest BCUT2D eigenvalue weighted by Crippen LogP contribution is 2.48. The highest BCUT2D eigenvalue weighted by molar-refractivity contribution is 5.97. The molecule has 2 aromatic heterocycles. The van der Waals surface area contributed by atoms with Gasteiger partial charge in [-0.25, -0.2) is 18.2 Å². The lowest BCUT2D eigenvalue weighted by atomic mass is 9.78. The number of aromatic nitrogens is 2. The number of carbonyl (C=O) groups is 1. The van der Waals surface area contributed by atoms with Crippen LogP contribution in [0.3, 0.4) is 0 Å². The van der Waals surface area contributed by atoms with E-state index in [1.54, 1.807) is 0 Å². The van der Waals surface area contributed by atoms with Gasteiger partial charge in [0.25, 0.3) is 23.2 Å². The molecular weight excluding hydrogens is 491 g/mol. The minimum Gasteiger partial charge on any atom is -0.504 e. The third-order valence-electron chi connectivity index (χ3n) is 6.83. The number of hydrogen-bond donors (Lipinski definition) is 3. The lowest BCUT2D eigenvalue weighted by Gasteiger charge is -2.35. The van der Waals surface area contributed by atoms with Crippen LogP contribution in [0, 0.1) is 11.2 Å². The lowest BCUT2D eigenvalue weighted by Crippen LogP contribution is -2.40. The molecule has 1 saturated carbocycles. The Morgan fingerprint density at radius 1 is 1.14 bits per heavy atom. The van der Waals surface area contributed by atoms with E-state index in [1.165, 1.54) is 18.2 Å². The predicted molar refractivity (Wildman–Crippen MR) is 131 cm³/mol. The van der Waals surface area contributed by atoms with Gasteiger partial charge in [-0.3, -0.25) is 19.4 Å². The van der Waals surface area contributed by atoms with Gasteiger partial charge in [0.05, 0.1) is 30.2 Å². The van der Waals surface area contributed by atoms with Gasteiger partial charge in [0.2, 0.25) is 0 Å². The zero-order valence-corrected chi connectivity index (χ0v) is 20.2. The molecule has 1 fully saturated rings. The number of nitrogens with zero attached hydrogens (tertiary/aromatic N) is 3. The van der Waals surface area contributed by atoms with E-state index in [0.29, 0.717) is 10.6 Å². The Labute approximate surface area is 210 Å². The van der Waals surface area contributed by atoms with Crippen molar-refractivity contribution in [3.05, 3.63) is 68.2 Å². The molecule has 1 aromatic carbocycles. The molecule has 2 heterocycles. The topological polar surface area (TPSA) is 125 Å². The van der Waals surface area contributed by atoms with Crippen molar-refractivity contribution in [1.82, 2.24) is 14.9 Å². The summed E-state index contributed by atoms with van der Waals surface area (Å²) >= 11 is 0. The van der Waals surface area contributed by atoms with Crippen molar-refractivity contribution in [2.75, 3.05) is 24.2 Å². The highest BCUT2D eigenvalue weighted by Gasteiger charge is 2.40. The first kappa shape index (κ1) is 26.1. The minimum atomic E-state index is -2.78. The molecule has 1 aliphatic rings. The van der Waals surface area contributed by atoms with Crippen molar-refractivity contribution in [3.8, 4) is 5.75 Å². The molecule has 0 bridgehead atoms. The van der Waals surface area contributed by atoms with Crippen molar-refractivity contribution < 1.29 is 23.1 Å². The summed E-state index contributed by atoms with van der Waals surface area (Å²) in [5.74, 6) is -2.11. The van der Waals surface area contributed by atoms with Crippen molar-refractivity contribution in [3.63, 3.8) is 0 Å². The molecule has 1 atom stereocenters. The van der Waals surface area contributed by atoms with Crippen molar-refractivity contribution in [1.29, 1.82) is 0 Å². The van der Waals surface area contributed by atoms with Crippen LogP contribution < -0.4 is 21.5 Å². The van der Waals surface area contributed by atoms with Crippen LogP contribution in [0.4, 0.5) is 30.2 Å². The maximum absolute atomic E-state index is 13.5. The van der Waals surface area contributed by atoms with Crippen LogP contribution >= 0.6 is 0 Å². The molecule has 3 aromatic rings. The average molecular weight is 518 g/mol. The van der Waals surface area contributed by atoms with E-state index in [0.717, 1.165) is 45.1 Å². The summed E-state index contributed by atoms with van der Waals surface area (Å²) in [7, 11) is 1.14. The molecule has 1 amide bonds. The van der Waals surface area contributed by atoms with E-state index >= 15 is 0 Å². The second kappa shape index (κ2) is 10.2. The number of hydrogen-bond acceptors (Lipinski definition) is 8. The third-order valence-corrected chi connectivity index (χ3v) is 6.83. The molecule has 0 spiro atoms. The normalized spacial score (nSPS) is 15.6. The SMILES string of the molecule is CN(CC(F)F)C(=O)c1nccc(Nc2c(N[C@@H](c3ccc(F)cn3)C3(C)CCCC3)c(=O)c2=O)c1O. The standard InChI is InChI=1S/C25H26F3N5O4/c1-25(8-3-4-9-25)23(15-6-5-13(26)11-30-15)32-18-17(21(35)22(18)36)31-14-7-10-29-19(20(14)34)24(37)33(2)12-16(27)28/h5-7,10-11,16,23,32,34H,3-4,8-9,12H2,1-2H3,(H,29,31)/t23-/m0/s1. The van der Waals surface area contributed by atoms with Crippen LogP contribution in [-0.2, 0) is 0 Å². The van der Waals surface area contributed by atoms with E-state index in [9.17, 15) is 32.7 Å². The summed E-state index contributed by atoms with van der Waals surface area (Å²) in [6.45, 7) is 1.17. The van der Waals surface area contributed by atoms with Gasteiger partial charge in [0.15, 0.2) is 11.4 Å². The molecule has 0 unspecified atom stereocenters. The number of carbonyl (C=O) groups excluding carboxylic acids is 1. The van der Waals surface area contributed by atoms with Crippen molar-refractivity contribution in [2.45, 2.75) is 45.1 Å². The molecule has 0 saturated heterocycles. The summed E-state index contributed by atoms with van der Waals surface area (Å²) in [5.41, 5.74) is -2.22. The van der Waals surface area contributed by atoms with Crippen LogP contribution in [0.1, 0.15) is 54.8 Å². The maximum atomic E-state index is 13.5. The first-order chi connectivity index (χ1) is 17.5. The largest absolute Gasteiger partial charge is 0.504 e. The monoisotopic (exact) mass is 517 g/mol. The van der Waals surface area contributed by atoms with E-state index in [1.807, 2.05) is 6.92 Å². The Kier molecular flexibility index (Phi) is 7.19. The van der Waals surface area contributed by atoms with Gasteiger partial charge in [-0.1, -0.05) is 19.8 Å². The van der Waals surface area contributed by atoms with Gasteiger partial charge in [0, 0.05) is 13.2 Å². The highest BCUT2D eigenvalue weighted by atomic mass is 19.3. The lowest BCUT2D eigenvalue weighted by molar-refractivity contribution is 0.0612. The van der Waals surface area contributed by atoms with Crippen LogP contribution in [0.5, 0.6) is 5.75 Å². The molecular formula is C25H26F3N5O4. The molecule has 4 rings (SSSR count). The Hall–Kier alpha value is -3.96. The van der Waals surface area contributed by atoms with Gasteiger partial charge in [-0.05, 0) is 36.5 Å². The third kappa shape index (κ3) is 5.13. The van der Waals surface area contributed by atoms with Gasteiger partial charge in [0.1, 0.15) is 17.2 Å². The predicted octanol–water partition coefficient (Wildman–Crippen LogP) is 3.73. The summed E-state index contributed by atoms with van der Waals surface area (Å²) in [6, 6.07) is 3.56. The zero-order valence-electron chi connectivity index (χ0n) is 20.2. The quantitative estimate of drug-likeness (QED) is 0.367. The molecule has 1 aliphatic carbocycles. The molecule has 196 valence electrons. The van der Waals surface area contributed by atoms with E-state index in [4.69, 9.17) is 0 Å². The van der Waals surface area contributed by atoms with Gasteiger partial charge >= 0.3 is 0 Å². The van der Waals surface area contributed by atoms with E-state index in [-0.39, 0.29) is 22.5 Å². The molecule has 12 heteroatoms. The molecule has 37 heavy (non-hydrogen) atoms. The fourth-order valence-corrected chi connectivity index (χ4v) is 4.74. The molecule has 9 nitrogen and oxygen atoms in total. The first-order valence-electron chi connectivity index (χ1n) is 11.7. The second-order valence-electron chi connectivity index (χ2n) is 9.51. The number of anilines is 3. The Balaban J connectivity index is 1.64. The number of amides is 1. The van der Waals surface area contributed by atoms with E-state index in [2.05, 4.69) is 20.6 Å². The fourth-order valence-electron chi connectivity index (χ4n) is 4.74. The number of rotatable bonds is 9. The second-order valence-corrected chi connectivity index (χ2v) is 9.51. The van der Waals surface area contributed by atoms with Gasteiger partial charge in [-0.15, -0.1) is 0 Å². The van der Waals surface area contributed by atoms with Crippen molar-refractivity contribution >= 4 is 23.0 Å². The summed E-state index contributed by atoms with van der Waals surface area (Å²) in [6.07, 6.45) is 3.05. The van der Waals surface area contributed by atoms with Gasteiger partial charge < -0.3 is 20.6 Å². The van der Waals surface area contributed by atoms with E-state index < -0.39 is 53.0 Å². The maximum Gasteiger partial charge on any atom is 0.276 e. The number of aromatic hydroxyl groups is 1. The number of nitrogens with one attached hydrogen (secondary N) is 2. The first-order valence-corrected chi connectivity index (χ1v) is 11.7. The number of alkyl halides is 2. The minimum absolute atomic E-state index is 0.0341. The molecule has 0 radical (unpaired) electrons. The Morgan fingerprint density at radius 3 is 2.43 bits per heavy atom. The zero-order chi connectivity index (χ0) is 26.9. The Morgan fingerprint density at radius 2 is 1.81 bits per heavy atom. The summed E-state index contributed by atoms with van der Waals surface area (Å²) in [4.78, 5) is 46.2. The number of halogens is 3. The van der Waals surface area contributed by atoms with Crippen molar-refractivity contribution in [2.24, 2.45) is 5.41 Å². The number of pyridine rings is 2. The van der Waals surface area contributed by atoms with Crippen LogP contribution in [-0.4, -0.2) is 45.9 Å². The average Bonchev–Trinajstić information content (AvgIpc) is 3.31. The Bertz CT molecular complexity index is 1370.